The lowest BCUT2D eigenvalue weighted by Gasteiger charge is -2.35. The highest BCUT2D eigenvalue weighted by Gasteiger charge is 2.29. The van der Waals surface area contributed by atoms with Crippen LogP contribution in [-0.2, 0) is 6.54 Å². The second-order valence-electron chi connectivity index (χ2n) is 7.55. The molecular weight excluding hydrogens is 384 g/mol. The van der Waals surface area contributed by atoms with Crippen LogP contribution in [0.5, 0.6) is 17.2 Å². The highest BCUT2D eigenvalue weighted by Crippen LogP contribution is 2.40. The highest BCUT2D eigenvalue weighted by atomic mass is 16.5. The number of likely N-dealkylation sites (tertiary alicyclic amines) is 1. The first kappa shape index (κ1) is 20.3. The molecule has 0 amide bonds. The van der Waals surface area contributed by atoms with Gasteiger partial charge in [0.05, 0.1) is 50.5 Å². The topological polar surface area (TPSA) is 85.6 Å². The van der Waals surface area contributed by atoms with E-state index in [1.165, 1.54) is 6.42 Å². The van der Waals surface area contributed by atoms with Crippen molar-refractivity contribution in [2.75, 3.05) is 27.9 Å². The molecule has 1 aromatic carbocycles. The maximum atomic E-state index is 5.53. The van der Waals surface area contributed by atoms with Crippen molar-refractivity contribution in [3.63, 3.8) is 0 Å². The van der Waals surface area contributed by atoms with Crippen LogP contribution in [0.25, 0.3) is 11.3 Å². The van der Waals surface area contributed by atoms with Crippen molar-refractivity contribution in [3.8, 4) is 28.6 Å². The van der Waals surface area contributed by atoms with E-state index < -0.39 is 0 Å². The normalized spacial score (nSPS) is 17.1. The van der Waals surface area contributed by atoms with Gasteiger partial charge in [0, 0.05) is 12.6 Å². The summed E-state index contributed by atoms with van der Waals surface area (Å²) in [6, 6.07) is 6.18. The number of aryl methyl sites for hydroxylation is 1. The summed E-state index contributed by atoms with van der Waals surface area (Å²) in [5, 5.41) is 11.5. The van der Waals surface area contributed by atoms with E-state index in [4.69, 9.17) is 18.7 Å². The fourth-order valence-corrected chi connectivity index (χ4v) is 4.21. The molecule has 1 aliphatic heterocycles. The maximum Gasteiger partial charge on any atom is 0.203 e. The third kappa shape index (κ3) is 3.87. The number of nitrogens with one attached hydrogen (secondary N) is 1. The molecule has 8 nitrogen and oxygen atoms in total. The number of H-pyrrole nitrogens is 1. The highest BCUT2D eigenvalue weighted by molar-refractivity contribution is 5.60. The van der Waals surface area contributed by atoms with E-state index in [1.807, 2.05) is 31.3 Å². The van der Waals surface area contributed by atoms with E-state index >= 15 is 0 Å². The van der Waals surface area contributed by atoms with Crippen molar-refractivity contribution < 1.29 is 18.7 Å². The number of hydrogen-bond donors (Lipinski definition) is 1. The Kier molecular flexibility index (Phi) is 5.94. The lowest BCUT2D eigenvalue weighted by Crippen LogP contribution is -2.33. The zero-order valence-electron chi connectivity index (χ0n) is 17.9. The van der Waals surface area contributed by atoms with Gasteiger partial charge in [0.25, 0.3) is 0 Å². The third-order valence-corrected chi connectivity index (χ3v) is 5.62. The zero-order chi connectivity index (χ0) is 21.1. The van der Waals surface area contributed by atoms with Gasteiger partial charge >= 0.3 is 0 Å². The number of hydrogen-bond acceptors (Lipinski definition) is 7. The van der Waals surface area contributed by atoms with Gasteiger partial charge in [0.15, 0.2) is 17.3 Å². The SMILES string of the molecule is COc1cc(CN2CCCC[C@@H]2c2[nH]ncc2-c2cc(C)no2)cc(OC)c1OC. The Morgan fingerprint density at radius 3 is 2.50 bits per heavy atom. The molecule has 3 heterocycles. The summed E-state index contributed by atoms with van der Waals surface area (Å²) < 4.78 is 22.0. The molecule has 1 saturated heterocycles. The summed E-state index contributed by atoms with van der Waals surface area (Å²) in [4.78, 5) is 2.46. The van der Waals surface area contributed by atoms with Crippen LogP contribution in [0.15, 0.2) is 28.9 Å². The standard InChI is InChI=1S/C22H28N4O4/c1-14-9-18(30-25-14)16-12-23-24-21(16)17-7-5-6-8-26(17)13-15-10-19(27-2)22(29-4)20(11-15)28-3/h9-12,17H,5-8,13H2,1-4H3,(H,23,24)/t17-/m1/s1. The van der Waals surface area contributed by atoms with Crippen LogP contribution in [0, 0.1) is 6.92 Å². The minimum absolute atomic E-state index is 0.209. The van der Waals surface area contributed by atoms with E-state index in [-0.39, 0.29) is 6.04 Å². The monoisotopic (exact) mass is 412 g/mol. The van der Waals surface area contributed by atoms with E-state index in [2.05, 4.69) is 20.3 Å². The van der Waals surface area contributed by atoms with Crippen molar-refractivity contribution >= 4 is 0 Å². The molecule has 30 heavy (non-hydrogen) atoms. The van der Waals surface area contributed by atoms with Crippen LogP contribution in [0.4, 0.5) is 0 Å². The second-order valence-corrected chi connectivity index (χ2v) is 7.55. The molecule has 0 bridgehead atoms. The number of rotatable bonds is 7. The largest absolute Gasteiger partial charge is 0.493 e. The number of methoxy groups -OCH3 is 3. The van der Waals surface area contributed by atoms with Crippen LogP contribution < -0.4 is 14.2 Å². The Morgan fingerprint density at radius 2 is 1.87 bits per heavy atom. The summed E-state index contributed by atoms with van der Waals surface area (Å²) in [6.07, 6.45) is 5.20. The fourth-order valence-electron chi connectivity index (χ4n) is 4.21. The summed E-state index contributed by atoms with van der Waals surface area (Å²) in [5.74, 6) is 2.68. The second kappa shape index (κ2) is 8.79. The molecular formula is C22H28N4O4. The fraction of sp³-hybridized carbons (Fsp3) is 0.455. The van der Waals surface area contributed by atoms with Gasteiger partial charge in [-0.2, -0.15) is 5.10 Å². The van der Waals surface area contributed by atoms with E-state index in [1.54, 1.807) is 21.3 Å². The molecule has 160 valence electrons. The molecule has 8 heteroatoms. The third-order valence-electron chi connectivity index (χ3n) is 5.62. The Hall–Kier alpha value is -3.00. The van der Waals surface area contributed by atoms with Crippen molar-refractivity contribution in [3.05, 3.63) is 41.3 Å². The average molecular weight is 412 g/mol. The van der Waals surface area contributed by atoms with Gasteiger partial charge in [-0.3, -0.25) is 10.00 Å². The summed E-state index contributed by atoms with van der Waals surface area (Å²) in [7, 11) is 4.90. The van der Waals surface area contributed by atoms with Crippen LogP contribution >= 0.6 is 0 Å². The zero-order valence-corrected chi connectivity index (χ0v) is 17.9. The summed E-state index contributed by atoms with van der Waals surface area (Å²) in [6.45, 7) is 3.68. The Labute approximate surface area is 176 Å². The quantitative estimate of drug-likeness (QED) is 0.624. The van der Waals surface area contributed by atoms with Crippen LogP contribution in [0.2, 0.25) is 0 Å². The molecule has 0 unspecified atom stereocenters. The molecule has 1 N–H and O–H groups in total. The molecule has 1 fully saturated rings. The smallest absolute Gasteiger partial charge is 0.203 e. The first-order valence-corrected chi connectivity index (χ1v) is 10.1. The first-order valence-electron chi connectivity index (χ1n) is 10.1. The van der Waals surface area contributed by atoms with Crippen molar-refractivity contribution in [2.24, 2.45) is 0 Å². The molecule has 1 atom stereocenters. The molecule has 1 aliphatic rings. The molecule has 2 aromatic heterocycles. The maximum absolute atomic E-state index is 5.53. The van der Waals surface area contributed by atoms with Crippen LogP contribution in [0.3, 0.4) is 0 Å². The van der Waals surface area contributed by atoms with Crippen molar-refractivity contribution in [1.29, 1.82) is 0 Å². The van der Waals surface area contributed by atoms with Gasteiger partial charge in [-0.15, -0.1) is 0 Å². The Bertz CT molecular complexity index is 972. The number of ether oxygens (including phenoxy) is 3. The number of nitrogens with zero attached hydrogens (tertiary/aromatic N) is 3. The minimum atomic E-state index is 0.209. The lowest BCUT2D eigenvalue weighted by atomic mass is 9.95. The van der Waals surface area contributed by atoms with Gasteiger partial charge in [-0.25, -0.2) is 0 Å². The molecule has 3 aromatic rings. The van der Waals surface area contributed by atoms with Gasteiger partial charge in [0.1, 0.15) is 0 Å². The molecule has 0 saturated carbocycles. The van der Waals surface area contributed by atoms with Gasteiger partial charge in [-0.05, 0) is 44.0 Å². The van der Waals surface area contributed by atoms with Gasteiger partial charge < -0.3 is 18.7 Å². The van der Waals surface area contributed by atoms with Gasteiger partial charge in [-0.1, -0.05) is 11.6 Å². The number of aromatic nitrogens is 3. The lowest BCUT2D eigenvalue weighted by molar-refractivity contribution is 0.137. The minimum Gasteiger partial charge on any atom is -0.493 e. The molecule has 0 spiro atoms. The number of piperidine rings is 1. The van der Waals surface area contributed by atoms with Gasteiger partial charge in [0.2, 0.25) is 5.75 Å². The summed E-state index contributed by atoms with van der Waals surface area (Å²) >= 11 is 0. The molecule has 0 radical (unpaired) electrons. The van der Waals surface area contributed by atoms with Crippen molar-refractivity contribution in [2.45, 2.75) is 38.8 Å². The first-order chi connectivity index (χ1) is 14.6. The van der Waals surface area contributed by atoms with Crippen LogP contribution in [-0.4, -0.2) is 48.1 Å². The predicted molar refractivity (Wildman–Crippen MR) is 112 cm³/mol. The van der Waals surface area contributed by atoms with E-state index in [9.17, 15) is 0 Å². The average Bonchev–Trinajstić information content (AvgIpc) is 3.42. The van der Waals surface area contributed by atoms with Crippen molar-refractivity contribution in [1.82, 2.24) is 20.3 Å². The van der Waals surface area contributed by atoms with E-state index in [0.717, 1.165) is 54.2 Å². The summed E-state index contributed by atoms with van der Waals surface area (Å²) in [5.41, 5.74) is 4.00. The predicted octanol–water partition coefficient (Wildman–Crippen LogP) is 4.13. The Morgan fingerprint density at radius 1 is 1.10 bits per heavy atom. The number of aromatic amines is 1. The van der Waals surface area contributed by atoms with Crippen LogP contribution in [0.1, 0.15) is 42.3 Å². The molecule has 0 aliphatic carbocycles. The Balaban J connectivity index is 1.64. The number of benzene rings is 1. The molecule has 4 rings (SSSR count). The van der Waals surface area contributed by atoms with E-state index in [0.29, 0.717) is 17.2 Å².